The Kier molecular flexibility index (Phi) is 5.12. The van der Waals surface area contributed by atoms with E-state index in [2.05, 4.69) is 4.72 Å². The second kappa shape index (κ2) is 6.40. The molecule has 0 spiro atoms. The highest BCUT2D eigenvalue weighted by Gasteiger charge is 2.23. The van der Waals surface area contributed by atoms with Crippen molar-refractivity contribution >= 4 is 15.7 Å². The molecule has 1 N–H and O–H groups in total. The minimum absolute atomic E-state index is 0.311. The molecule has 0 aliphatic heterocycles. The van der Waals surface area contributed by atoms with Crippen LogP contribution in [0.2, 0.25) is 0 Å². The first-order valence-corrected chi connectivity index (χ1v) is 7.16. The number of rotatable bonds is 6. The van der Waals surface area contributed by atoms with Gasteiger partial charge in [-0.15, -0.1) is 0 Å². The Morgan fingerprint density at radius 3 is 2.65 bits per heavy atom. The SMILES string of the molecule is CCCC(C#N)NS(=O)(=O)c1ccc([N+](=O)[O-])c(F)c1. The van der Waals surface area contributed by atoms with Gasteiger partial charge < -0.3 is 0 Å². The Balaban J connectivity index is 3.08. The average molecular weight is 301 g/mol. The largest absolute Gasteiger partial charge is 0.304 e. The van der Waals surface area contributed by atoms with Crippen LogP contribution in [0.25, 0.3) is 0 Å². The molecule has 1 rings (SSSR count). The number of hydrogen-bond acceptors (Lipinski definition) is 5. The lowest BCUT2D eigenvalue weighted by atomic mass is 10.2. The van der Waals surface area contributed by atoms with Crippen molar-refractivity contribution in [1.29, 1.82) is 5.26 Å². The molecule has 0 fully saturated rings. The molecule has 0 saturated carbocycles. The van der Waals surface area contributed by atoms with Gasteiger partial charge in [-0.1, -0.05) is 13.3 Å². The smallest absolute Gasteiger partial charge is 0.258 e. The lowest BCUT2D eigenvalue weighted by Crippen LogP contribution is -2.33. The summed E-state index contributed by atoms with van der Waals surface area (Å²) in [5, 5.41) is 19.2. The highest BCUT2D eigenvalue weighted by atomic mass is 32.2. The fourth-order valence-electron chi connectivity index (χ4n) is 1.50. The minimum Gasteiger partial charge on any atom is -0.258 e. The van der Waals surface area contributed by atoms with Gasteiger partial charge in [-0.05, 0) is 12.5 Å². The predicted octanol–water partition coefficient (Wildman–Crippen LogP) is 1.70. The van der Waals surface area contributed by atoms with Crippen molar-refractivity contribution in [3.63, 3.8) is 0 Å². The molecular formula is C11H12FN3O4S. The van der Waals surface area contributed by atoms with Crippen molar-refractivity contribution < 1.29 is 17.7 Å². The molecule has 0 aliphatic carbocycles. The summed E-state index contributed by atoms with van der Waals surface area (Å²) < 4.78 is 39.3. The number of nitriles is 1. The number of nitro benzene ring substituents is 1. The number of nitro groups is 1. The maximum absolute atomic E-state index is 13.4. The molecule has 0 radical (unpaired) electrons. The lowest BCUT2D eigenvalue weighted by Gasteiger charge is -2.11. The lowest BCUT2D eigenvalue weighted by molar-refractivity contribution is -0.387. The summed E-state index contributed by atoms with van der Waals surface area (Å²) in [5.74, 6) is -1.25. The van der Waals surface area contributed by atoms with E-state index in [1.165, 1.54) is 0 Å². The summed E-state index contributed by atoms with van der Waals surface area (Å²) in [7, 11) is -4.09. The first-order valence-electron chi connectivity index (χ1n) is 5.67. The van der Waals surface area contributed by atoms with Gasteiger partial charge in [-0.2, -0.15) is 14.4 Å². The zero-order valence-corrected chi connectivity index (χ0v) is 11.4. The van der Waals surface area contributed by atoms with Gasteiger partial charge in [0.15, 0.2) is 0 Å². The van der Waals surface area contributed by atoms with Gasteiger partial charge in [0.25, 0.3) is 0 Å². The van der Waals surface area contributed by atoms with E-state index in [-0.39, 0.29) is 0 Å². The van der Waals surface area contributed by atoms with Crippen LogP contribution in [0.15, 0.2) is 23.1 Å². The first kappa shape index (κ1) is 16.0. The topological polar surface area (TPSA) is 113 Å². The third kappa shape index (κ3) is 3.72. The molecule has 7 nitrogen and oxygen atoms in total. The number of benzene rings is 1. The van der Waals surface area contributed by atoms with Gasteiger partial charge in [0.05, 0.1) is 15.9 Å². The number of nitrogens with zero attached hydrogens (tertiary/aromatic N) is 2. The quantitative estimate of drug-likeness (QED) is 0.634. The van der Waals surface area contributed by atoms with Crippen LogP contribution in [0.3, 0.4) is 0 Å². The van der Waals surface area contributed by atoms with E-state index in [9.17, 15) is 22.9 Å². The van der Waals surface area contributed by atoms with Crippen LogP contribution >= 0.6 is 0 Å². The van der Waals surface area contributed by atoms with Crippen molar-refractivity contribution in [2.24, 2.45) is 0 Å². The third-order valence-electron chi connectivity index (χ3n) is 2.46. The summed E-state index contributed by atoms with van der Waals surface area (Å²) in [5.41, 5.74) is -0.811. The molecule has 0 saturated heterocycles. The Morgan fingerprint density at radius 2 is 2.20 bits per heavy atom. The van der Waals surface area contributed by atoms with Crippen molar-refractivity contribution in [1.82, 2.24) is 4.72 Å². The molecule has 1 aromatic carbocycles. The van der Waals surface area contributed by atoms with E-state index in [4.69, 9.17) is 5.26 Å². The molecule has 0 aromatic heterocycles. The van der Waals surface area contributed by atoms with Crippen LogP contribution in [-0.2, 0) is 10.0 Å². The molecule has 1 unspecified atom stereocenters. The maximum Gasteiger partial charge on any atom is 0.304 e. The maximum atomic E-state index is 13.4. The van der Waals surface area contributed by atoms with Gasteiger partial charge in [-0.25, -0.2) is 8.42 Å². The van der Waals surface area contributed by atoms with Gasteiger partial charge in [-0.3, -0.25) is 10.1 Å². The van der Waals surface area contributed by atoms with E-state index in [1.54, 1.807) is 13.0 Å². The van der Waals surface area contributed by atoms with Crippen LogP contribution in [0.4, 0.5) is 10.1 Å². The van der Waals surface area contributed by atoms with Crippen LogP contribution in [-0.4, -0.2) is 19.4 Å². The predicted molar refractivity (Wildman–Crippen MR) is 67.7 cm³/mol. The Labute approximate surface area is 115 Å². The monoisotopic (exact) mass is 301 g/mol. The summed E-state index contributed by atoms with van der Waals surface area (Å²) >= 11 is 0. The van der Waals surface area contributed by atoms with Gasteiger partial charge in [0.2, 0.25) is 15.8 Å². The summed E-state index contributed by atoms with van der Waals surface area (Å²) in [6.07, 6.45) is 0.903. The molecule has 0 heterocycles. The average Bonchev–Trinajstić information content (AvgIpc) is 2.37. The molecule has 0 bridgehead atoms. The molecule has 1 atom stereocenters. The molecule has 108 valence electrons. The van der Waals surface area contributed by atoms with E-state index in [0.29, 0.717) is 18.9 Å². The van der Waals surface area contributed by atoms with E-state index in [1.807, 2.05) is 0 Å². The molecule has 20 heavy (non-hydrogen) atoms. The Morgan fingerprint density at radius 1 is 1.55 bits per heavy atom. The van der Waals surface area contributed by atoms with Crippen LogP contribution in [0.1, 0.15) is 19.8 Å². The molecule has 1 aromatic rings. The molecule has 0 aliphatic rings. The zero-order chi connectivity index (χ0) is 15.3. The summed E-state index contributed by atoms with van der Waals surface area (Å²) in [6, 6.07) is 3.10. The minimum atomic E-state index is -4.09. The highest BCUT2D eigenvalue weighted by Crippen LogP contribution is 2.21. The number of sulfonamides is 1. The number of nitrogens with one attached hydrogen (secondary N) is 1. The Bertz CT molecular complexity index is 654. The summed E-state index contributed by atoms with van der Waals surface area (Å²) in [4.78, 5) is 9.04. The number of halogens is 1. The fraction of sp³-hybridized carbons (Fsp3) is 0.364. The molecule has 0 amide bonds. The number of hydrogen-bond donors (Lipinski definition) is 1. The summed E-state index contributed by atoms with van der Waals surface area (Å²) in [6.45, 7) is 1.78. The highest BCUT2D eigenvalue weighted by molar-refractivity contribution is 7.89. The second-order valence-corrected chi connectivity index (χ2v) is 5.68. The fourth-order valence-corrected chi connectivity index (χ4v) is 2.68. The Hall–Kier alpha value is -2.05. The van der Waals surface area contributed by atoms with Crippen molar-refractivity contribution in [3.05, 3.63) is 34.1 Å². The zero-order valence-electron chi connectivity index (χ0n) is 10.5. The van der Waals surface area contributed by atoms with Crippen molar-refractivity contribution in [2.75, 3.05) is 0 Å². The molecular weight excluding hydrogens is 289 g/mol. The normalized spacial score (nSPS) is 12.7. The first-order chi connectivity index (χ1) is 9.31. The van der Waals surface area contributed by atoms with Crippen LogP contribution < -0.4 is 4.72 Å². The van der Waals surface area contributed by atoms with Crippen LogP contribution in [0.5, 0.6) is 0 Å². The second-order valence-electron chi connectivity index (χ2n) is 3.96. The van der Waals surface area contributed by atoms with E-state index >= 15 is 0 Å². The van der Waals surface area contributed by atoms with Crippen molar-refractivity contribution in [2.45, 2.75) is 30.7 Å². The van der Waals surface area contributed by atoms with E-state index < -0.39 is 37.4 Å². The van der Waals surface area contributed by atoms with Crippen LogP contribution in [0, 0.1) is 27.3 Å². The van der Waals surface area contributed by atoms with E-state index in [0.717, 1.165) is 12.1 Å². The van der Waals surface area contributed by atoms with Crippen molar-refractivity contribution in [3.8, 4) is 6.07 Å². The third-order valence-corrected chi connectivity index (χ3v) is 3.93. The van der Waals surface area contributed by atoms with Gasteiger partial charge >= 0.3 is 5.69 Å². The van der Waals surface area contributed by atoms with Gasteiger partial charge in [0, 0.05) is 12.1 Å². The standard InChI is InChI=1S/C11H12FN3O4S/c1-2-3-8(7-13)14-20(18,19)9-4-5-11(15(16)17)10(12)6-9/h4-6,8,14H,2-3H2,1H3. The van der Waals surface area contributed by atoms with Gasteiger partial charge in [0.1, 0.15) is 6.04 Å². The molecule has 9 heteroatoms.